The lowest BCUT2D eigenvalue weighted by Gasteiger charge is -2.00. The van der Waals surface area contributed by atoms with Gasteiger partial charge < -0.3 is 5.32 Å². The molecule has 2 aromatic rings. The van der Waals surface area contributed by atoms with Crippen molar-refractivity contribution in [3.05, 3.63) is 35.0 Å². The van der Waals surface area contributed by atoms with Gasteiger partial charge in [0.15, 0.2) is 0 Å². The van der Waals surface area contributed by atoms with Crippen LogP contribution in [0.5, 0.6) is 0 Å². The molecule has 0 unspecified atom stereocenters. The standard InChI is InChI=1S/C11H10ClN5O/c12-7-3-4-8(13-5-7)14-11(18)10-15-9(16-17-10)6-1-2-6/h3-6H,1-2H2,(H,13,14,18)(H,15,16,17). The third kappa shape index (κ3) is 2.33. The summed E-state index contributed by atoms with van der Waals surface area (Å²) in [6.07, 6.45) is 3.68. The number of hydrogen-bond donors (Lipinski definition) is 2. The fourth-order valence-corrected chi connectivity index (χ4v) is 1.65. The number of aromatic amines is 1. The van der Waals surface area contributed by atoms with Crippen LogP contribution in [0.1, 0.15) is 35.2 Å². The summed E-state index contributed by atoms with van der Waals surface area (Å²) in [6.45, 7) is 0. The Bertz CT molecular complexity index is 575. The highest BCUT2D eigenvalue weighted by atomic mass is 35.5. The Hall–Kier alpha value is -1.95. The van der Waals surface area contributed by atoms with Crippen molar-refractivity contribution in [1.82, 2.24) is 20.2 Å². The molecule has 2 aromatic heterocycles. The Morgan fingerprint density at radius 1 is 1.44 bits per heavy atom. The Labute approximate surface area is 108 Å². The van der Waals surface area contributed by atoms with Crippen molar-refractivity contribution in [3.63, 3.8) is 0 Å². The molecular formula is C11H10ClN5O. The summed E-state index contributed by atoms with van der Waals surface area (Å²) >= 11 is 5.71. The van der Waals surface area contributed by atoms with Gasteiger partial charge in [-0.2, -0.15) is 0 Å². The highest BCUT2D eigenvalue weighted by molar-refractivity contribution is 6.30. The van der Waals surface area contributed by atoms with Gasteiger partial charge in [0.25, 0.3) is 5.91 Å². The Balaban J connectivity index is 1.71. The summed E-state index contributed by atoms with van der Waals surface area (Å²) in [5.74, 6) is 1.39. The molecule has 1 saturated carbocycles. The first kappa shape index (κ1) is 11.2. The lowest BCUT2D eigenvalue weighted by Crippen LogP contribution is -2.14. The number of H-pyrrole nitrogens is 1. The van der Waals surface area contributed by atoms with E-state index in [0.29, 0.717) is 16.8 Å². The van der Waals surface area contributed by atoms with Crippen LogP contribution in [0, 0.1) is 0 Å². The molecule has 92 valence electrons. The highest BCUT2D eigenvalue weighted by Crippen LogP contribution is 2.37. The van der Waals surface area contributed by atoms with E-state index in [1.807, 2.05) is 0 Å². The zero-order valence-electron chi connectivity index (χ0n) is 9.35. The summed E-state index contributed by atoms with van der Waals surface area (Å²) in [6, 6.07) is 3.27. The van der Waals surface area contributed by atoms with Crippen LogP contribution in [-0.4, -0.2) is 26.1 Å². The van der Waals surface area contributed by atoms with Gasteiger partial charge in [0.05, 0.1) is 5.02 Å². The zero-order chi connectivity index (χ0) is 12.5. The van der Waals surface area contributed by atoms with Crippen molar-refractivity contribution in [3.8, 4) is 0 Å². The fraction of sp³-hybridized carbons (Fsp3) is 0.273. The molecule has 2 N–H and O–H groups in total. The lowest BCUT2D eigenvalue weighted by molar-refractivity contribution is 0.101. The van der Waals surface area contributed by atoms with Crippen LogP contribution in [0.2, 0.25) is 5.02 Å². The predicted octanol–water partition coefficient (Wildman–Crippen LogP) is 1.98. The average molecular weight is 264 g/mol. The van der Waals surface area contributed by atoms with E-state index in [1.165, 1.54) is 6.20 Å². The van der Waals surface area contributed by atoms with Crippen molar-refractivity contribution in [1.29, 1.82) is 0 Å². The van der Waals surface area contributed by atoms with Gasteiger partial charge in [-0.1, -0.05) is 11.6 Å². The second-order valence-corrected chi connectivity index (χ2v) is 4.57. The molecule has 1 aliphatic carbocycles. The van der Waals surface area contributed by atoms with E-state index in [1.54, 1.807) is 12.1 Å². The Morgan fingerprint density at radius 3 is 2.94 bits per heavy atom. The number of aromatic nitrogens is 4. The maximum Gasteiger partial charge on any atom is 0.296 e. The summed E-state index contributed by atoms with van der Waals surface area (Å²) in [7, 11) is 0. The fourth-order valence-electron chi connectivity index (χ4n) is 1.54. The smallest absolute Gasteiger partial charge is 0.296 e. The zero-order valence-corrected chi connectivity index (χ0v) is 10.1. The largest absolute Gasteiger partial charge is 0.304 e. The summed E-state index contributed by atoms with van der Waals surface area (Å²) in [5, 5.41) is 9.79. The molecule has 6 nitrogen and oxygen atoms in total. The second kappa shape index (κ2) is 4.38. The first-order valence-electron chi connectivity index (χ1n) is 5.57. The predicted molar refractivity (Wildman–Crippen MR) is 65.6 cm³/mol. The monoisotopic (exact) mass is 263 g/mol. The SMILES string of the molecule is O=C(Nc1ccc(Cl)cn1)c1n[nH]c(C2CC2)n1. The summed E-state index contributed by atoms with van der Waals surface area (Å²) in [5.41, 5.74) is 0. The number of nitrogens with one attached hydrogen (secondary N) is 2. The van der Waals surface area contributed by atoms with Gasteiger partial charge in [-0.25, -0.2) is 9.97 Å². The van der Waals surface area contributed by atoms with Gasteiger partial charge in [0, 0.05) is 12.1 Å². The van der Waals surface area contributed by atoms with Crippen LogP contribution >= 0.6 is 11.6 Å². The maximum atomic E-state index is 11.8. The molecule has 3 rings (SSSR count). The number of carbonyl (C=O) groups is 1. The molecule has 0 radical (unpaired) electrons. The normalized spacial score (nSPS) is 14.5. The van der Waals surface area contributed by atoms with Crippen LogP contribution in [0.25, 0.3) is 0 Å². The quantitative estimate of drug-likeness (QED) is 0.887. The third-order valence-corrected chi connectivity index (χ3v) is 2.86. The van der Waals surface area contributed by atoms with Gasteiger partial charge in [-0.05, 0) is 25.0 Å². The summed E-state index contributed by atoms with van der Waals surface area (Å²) in [4.78, 5) is 19.9. The third-order valence-electron chi connectivity index (χ3n) is 2.64. The minimum atomic E-state index is -0.382. The minimum absolute atomic E-state index is 0.133. The number of halogens is 1. The Kier molecular flexibility index (Phi) is 2.71. The van der Waals surface area contributed by atoms with E-state index < -0.39 is 0 Å². The molecular weight excluding hydrogens is 254 g/mol. The number of amides is 1. The molecule has 18 heavy (non-hydrogen) atoms. The molecule has 1 aliphatic rings. The molecule has 1 amide bonds. The molecule has 7 heteroatoms. The molecule has 0 aromatic carbocycles. The molecule has 2 heterocycles. The van der Waals surface area contributed by atoms with E-state index in [-0.39, 0.29) is 11.7 Å². The number of anilines is 1. The van der Waals surface area contributed by atoms with Crippen LogP contribution in [0.3, 0.4) is 0 Å². The van der Waals surface area contributed by atoms with Gasteiger partial charge in [-0.3, -0.25) is 9.89 Å². The van der Waals surface area contributed by atoms with Crippen LogP contribution in [-0.2, 0) is 0 Å². The average Bonchev–Trinajstić information content (AvgIpc) is 3.10. The Morgan fingerprint density at radius 2 is 2.28 bits per heavy atom. The van der Waals surface area contributed by atoms with Gasteiger partial charge >= 0.3 is 0 Å². The van der Waals surface area contributed by atoms with E-state index in [4.69, 9.17) is 11.6 Å². The van der Waals surface area contributed by atoms with E-state index in [9.17, 15) is 4.79 Å². The van der Waals surface area contributed by atoms with Crippen molar-refractivity contribution in [2.24, 2.45) is 0 Å². The lowest BCUT2D eigenvalue weighted by atomic mass is 10.4. The highest BCUT2D eigenvalue weighted by Gasteiger charge is 2.28. The maximum absolute atomic E-state index is 11.8. The molecule has 0 bridgehead atoms. The number of hydrogen-bond acceptors (Lipinski definition) is 4. The van der Waals surface area contributed by atoms with E-state index in [0.717, 1.165) is 18.7 Å². The second-order valence-electron chi connectivity index (χ2n) is 4.13. The van der Waals surface area contributed by atoms with Crippen molar-refractivity contribution < 1.29 is 4.79 Å². The molecule has 0 spiro atoms. The molecule has 0 atom stereocenters. The van der Waals surface area contributed by atoms with E-state index >= 15 is 0 Å². The van der Waals surface area contributed by atoms with Crippen LogP contribution in [0.15, 0.2) is 18.3 Å². The summed E-state index contributed by atoms with van der Waals surface area (Å²) < 4.78 is 0. The number of pyridine rings is 1. The van der Waals surface area contributed by atoms with Gasteiger partial charge in [0.2, 0.25) is 5.82 Å². The number of rotatable bonds is 3. The molecule has 0 aliphatic heterocycles. The van der Waals surface area contributed by atoms with Crippen molar-refractivity contribution >= 4 is 23.3 Å². The number of carbonyl (C=O) groups excluding carboxylic acids is 1. The molecule has 1 fully saturated rings. The van der Waals surface area contributed by atoms with E-state index in [2.05, 4.69) is 25.5 Å². The first-order valence-corrected chi connectivity index (χ1v) is 5.95. The van der Waals surface area contributed by atoms with Crippen molar-refractivity contribution in [2.45, 2.75) is 18.8 Å². The number of nitrogens with zero attached hydrogens (tertiary/aromatic N) is 3. The topological polar surface area (TPSA) is 83.6 Å². The van der Waals surface area contributed by atoms with Crippen LogP contribution in [0.4, 0.5) is 5.82 Å². The van der Waals surface area contributed by atoms with Gasteiger partial charge in [-0.15, -0.1) is 5.10 Å². The van der Waals surface area contributed by atoms with Crippen molar-refractivity contribution in [2.75, 3.05) is 5.32 Å². The van der Waals surface area contributed by atoms with Crippen LogP contribution < -0.4 is 5.32 Å². The van der Waals surface area contributed by atoms with Gasteiger partial charge in [0.1, 0.15) is 11.6 Å². The first-order chi connectivity index (χ1) is 8.72. The minimum Gasteiger partial charge on any atom is -0.304 e. The molecule has 0 saturated heterocycles.